The van der Waals surface area contributed by atoms with Crippen molar-refractivity contribution in [2.24, 2.45) is 0 Å². The van der Waals surface area contributed by atoms with Gasteiger partial charge in [-0.3, -0.25) is 0 Å². The highest BCUT2D eigenvalue weighted by molar-refractivity contribution is 5.53. The van der Waals surface area contributed by atoms with Gasteiger partial charge in [-0.2, -0.15) is 5.26 Å². The highest BCUT2D eigenvalue weighted by atomic mass is 16.5. The van der Waals surface area contributed by atoms with Crippen LogP contribution in [-0.2, 0) is 6.42 Å². The number of nitrogens with zero attached hydrogens (tertiary/aromatic N) is 3. The van der Waals surface area contributed by atoms with E-state index in [-0.39, 0.29) is 6.10 Å². The zero-order valence-electron chi connectivity index (χ0n) is 12.1. The van der Waals surface area contributed by atoms with Crippen molar-refractivity contribution in [3.8, 4) is 11.9 Å². The van der Waals surface area contributed by atoms with E-state index in [0.29, 0.717) is 11.6 Å². The van der Waals surface area contributed by atoms with Gasteiger partial charge in [0.2, 0.25) is 5.88 Å². The normalized spacial score (nSPS) is 16.0. The van der Waals surface area contributed by atoms with Gasteiger partial charge < -0.3 is 15.4 Å². The summed E-state index contributed by atoms with van der Waals surface area (Å²) >= 11 is 0. The smallest absolute Gasteiger partial charge is 0.237 e. The molecule has 1 aliphatic heterocycles. The molecule has 22 heavy (non-hydrogen) atoms. The Morgan fingerprint density at radius 1 is 1.36 bits per heavy atom. The van der Waals surface area contributed by atoms with Crippen molar-refractivity contribution in [2.45, 2.75) is 12.5 Å². The van der Waals surface area contributed by atoms with Crippen molar-refractivity contribution in [2.75, 3.05) is 25.0 Å². The topological polar surface area (TPSA) is 82.9 Å². The molecule has 0 spiro atoms. The minimum absolute atomic E-state index is 0.0708. The molecular weight excluding hydrogens is 278 g/mol. The molecule has 0 saturated carbocycles. The Morgan fingerprint density at radius 3 is 3.14 bits per heavy atom. The summed E-state index contributed by atoms with van der Waals surface area (Å²) in [5.74, 6) is 0.664. The third-order valence-electron chi connectivity index (χ3n) is 3.47. The monoisotopic (exact) mass is 295 g/mol. The molecule has 3 heterocycles. The number of ether oxygens (including phenoxy) is 1. The summed E-state index contributed by atoms with van der Waals surface area (Å²) in [6.07, 6.45) is 4.42. The molecule has 6 nitrogen and oxygen atoms in total. The van der Waals surface area contributed by atoms with Gasteiger partial charge in [0.25, 0.3) is 0 Å². The maximum atomic E-state index is 8.71. The van der Waals surface area contributed by atoms with Crippen LogP contribution in [0.4, 0.5) is 5.69 Å². The molecule has 0 radical (unpaired) electrons. The van der Waals surface area contributed by atoms with Crippen molar-refractivity contribution in [1.82, 2.24) is 15.3 Å². The van der Waals surface area contributed by atoms with Crippen molar-refractivity contribution in [1.29, 1.82) is 5.26 Å². The SMILES string of the molecule is N#Cc1ccc(CCNCC2CNc3cccnc3O2)cn1. The molecule has 0 bridgehead atoms. The van der Waals surface area contributed by atoms with Crippen LogP contribution in [0.5, 0.6) is 5.88 Å². The first-order valence-electron chi connectivity index (χ1n) is 7.26. The second kappa shape index (κ2) is 6.87. The highest BCUT2D eigenvalue weighted by Gasteiger charge is 2.19. The van der Waals surface area contributed by atoms with Crippen LogP contribution in [0.1, 0.15) is 11.3 Å². The number of hydrogen-bond donors (Lipinski definition) is 2. The maximum Gasteiger partial charge on any atom is 0.237 e. The third kappa shape index (κ3) is 3.51. The minimum atomic E-state index is 0.0708. The number of pyridine rings is 2. The van der Waals surface area contributed by atoms with Crippen LogP contribution >= 0.6 is 0 Å². The van der Waals surface area contributed by atoms with E-state index in [1.165, 1.54) is 0 Å². The molecule has 0 fully saturated rings. The van der Waals surface area contributed by atoms with Gasteiger partial charge in [-0.25, -0.2) is 9.97 Å². The van der Waals surface area contributed by atoms with Crippen LogP contribution in [0.25, 0.3) is 0 Å². The number of nitrogens with one attached hydrogen (secondary N) is 2. The Balaban J connectivity index is 1.41. The summed E-state index contributed by atoms with van der Waals surface area (Å²) < 4.78 is 5.83. The van der Waals surface area contributed by atoms with Gasteiger partial charge in [0, 0.05) is 18.9 Å². The lowest BCUT2D eigenvalue weighted by molar-refractivity contribution is 0.194. The van der Waals surface area contributed by atoms with Gasteiger partial charge in [0.05, 0.1) is 12.2 Å². The molecule has 6 heteroatoms. The number of nitriles is 1. The zero-order chi connectivity index (χ0) is 15.2. The van der Waals surface area contributed by atoms with Gasteiger partial charge in [-0.05, 0) is 36.7 Å². The number of aromatic nitrogens is 2. The van der Waals surface area contributed by atoms with E-state index in [1.54, 1.807) is 18.5 Å². The van der Waals surface area contributed by atoms with E-state index < -0.39 is 0 Å². The summed E-state index contributed by atoms with van der Waals surface area (Å²) in [6.45, 7) is 2.36. The van der Waals surface area contributed by atoms with Crippen LogP contribution in [0.2, 0.25) is 0 Å². The first-order chi connectivity index (χ1) is 10.8. The van der Waals surface area contributed by atoms with Crippen molar-refractivity contribution >= 4 is 5.69 Å². The molecule has 112 valence electrons. The largest absolute Gasteiger partial charge is 0.470 e. The Kier molecular flexibility index (Phi) is 4.47. The van der Waals surface area contributed by atoms with Crippen molar-refractivity contribution < 1.29 is 4.74 Å². The third-order valence-corrected chi connectivity index (χ3v) is 3.47. The molecule has 2 aromatic heterocycles. The average molecular weight is 295 g/mol. The number of anilines is 1. The molecule has 0 amide bonds. The Bertz CT molecular complexity index is 665. The number of fused-ring (bicyclic) bond motifs is 1. The zero-order valence-corrected chi connectivity index (χ0v) is 12.1. The molecule has 1 unspecified atom stereocenters. The summed E-state index contributed by atoms with van der Waals surface area (Å²) in [7, 11) is 0. The fourth-order valence-corrected chi connectivity index (χ4v) is 2.29. The average Bonchev–Trinajstić information content (AvgIpc) is 2.59. The lowest BCUT2D eigenvalue weighted by Gasteiger charge is -2.26. The minimum Gasteiger partial charge on any atom is -0.470 e. The van der Waals surface area contributed by atoms with E-state index >= 15 is 0 Å². The van der Waals surface area contributed by atoms with Gasteiger partial charge in [-0.15, -0.1) is 0 Å². The predicted molar refractivity (Wildman–Crippen MR) is 82.7 cm³/mol. The van der Waals surface area contributed by atoms with Gasteiger partial charge in [0.15, 0.2) is 0 Å². The quantitative estimate of drug-likeness (QED) is 0.810. The predicted octanol–water partition coefficient (Wildman–Crippen LogP) is 1.35. The first-order valence-corrected chi connectivity index (χ1v) is 7.26. The van der Waals surface area contributed by atoms with Gasteiger partial charge >= 0.3 is 0 Å². The maximum absolute atomic E-state index is 8.71. The van der Waals surface area contributed by atoms with E-state index in [4.69, 9.17) is 10.00 Å². The van der Waals surface area contributed by atoms with E-state index in [1.807, 2.05) is 24.3 Å². The Hall–Kier alpha value is -2.65. The summed E-state index contributed by atoms with van der Waals surface area (Å²) in [5, 5.41) is 15.4. The van der Waals surface area contributed by atoms with E-state index in [0.717, 1.165) is 37.3 Å². The molecule has 0 saturated heterocycles. The molecule has 2 aromatic rings. The Morgan fingerprint density at radius 2 is 2.32 bits per heavy atom. The number of hydrogen-bond acceptors (Lipinski definition) is 6. The Labute approximate surface area is 129 Å². The molecule has 0 aliphatic carbocycles. The van der Waals surface area contributed by atoms with Crippen molar-refractivity contribution in [3.05, 3.63) is 47.9 Å². The van der Waals surface area contributed by atoms with Crippen molar-refractivity contribution in [3.63, 3.8) is 0 Å². The lowest BCUT2D eigenvalue weighted by atomic mass is 10.2. The molecule has 3 rings (SSSR count). The van der Waals surface area contributed by atoms with E-state index in [9.17, 15) is 0 Å². The van der Waals surface area contributed by atoms with Crippen LogP contribution in [0, 0.1) is 11.3 Å². The fraction of sp³-hybridized carbons (Fsp3) is 0.312. The summed E-state index contributed by atoms with van der Waals surface area (Å²) in [5.41, 5.74) is 2.51. The molecule has 2 N–H and O–H groups in total. The molecule has 1 aliphatic rings. The van der Waals surface area contributed by atoms with Crippen LogP contribution in [0.3, 0.4) is 0 Å². The standard InChI is InChI=1S/C16H17N5O/c17-8-13-4-3-12(9-20-13)5-7-18-10-14-11-21-15-2-1-6-19-16(15)22-14/h1-4,6,9,14,18,21H,5,7,10-11H2. The first kappa shape index (κ1) is 14.3. The van der Waals surface area contributed by atoms with Gasteiger partial charge in [-0.1, -0.05) is 6.07 Å². The molecule has 1 atom stereocenters. The van der Waals surface area contributed by atoms with Crippen LogP contribution < -0.4 is 15.4 Å². The van der Waals surface area contributed by atoms with E-state index in [2.05, 4.69) is 20.6 Å². The van der Waals surface area contributed by atoms with Gasteiger partial charge in [0.1, 0.15) is 17.9 Å². The summed E-state index contributed by atoms with van der Waals surface area (Å²) in [4.78, 5) is 8.27. The second-order valence-electron chi connectivity index (χ2n) is 5.09. The van der Waals surface area contributed by atoms with Crippen LogP contribution in [0.15, 0.2) is 36.7 Å². The molecule has 0 aromatic carbocycles. The second-order valence-corrected chi connectivity index (χ2v) is 5.09. The molecular formula is C16H17N5O. The fourth-order valence-electron chi connectivity index (χ4n) is 2.29. The number of rotatable bonds is 5. The summed E-state index contributed by atoms with van der Waals surface area (Å²) in [6, 6.07) is 9.55. The highest BCUT2D eigenvalue weighted by Crippen LogP contribution is 2.24. The van der Waals surface area contributed by atoms with Crippen LogP contribution in [-0.4, -0.2) is 35.7 Å². The lowest BCUT2D eigenvalue weighted by Crippen LogP contribution is -2.40.